The number of rotatable bonds is 8. The van der Waals surface area contributed by atoms with E-state index in [4.69, 9.17) is 9.47 Å². The Kier molecular flexibility index (Phi) is 7.09. The number of thioether (sulfide) groups is 1. The quantitative estimate of drug-likeness (QED) is 0.665. The fraction of sp³-hybridized carbons (Fsp3) is 0.611. The van der Waals surface area contributed by atoms with Crippen molar-refractivity contribution in [3.8, 4) is 11.5 Å². The van der Waals surface area contributed by atoms with Crippen LogP contribution in [0.1, 0.15) is 50.0 Å². The highest BCUT2D eigenvalue weighted by Crippen LogP contribution is 2.45. The molecule has 0 spiro atoms. The first kappa shape index (κ1) is 18.0. The molecule has 0 bridgehead atoms. The molecule has 128 valence electrons. The molecule has 1 aliphatic heterocycles. The maximum Gasteiger partial charge on any atom is 0.223 e. The van der Waals surface area contributed by atoms with E-state index in [0.29, 0.717) is 12.2 Å². The predicted octanol–water partition coefficient (Wildman–Crippen LogP) is 4.25. The van der Waals surface area contributed by atoms with Crippen molar-refractivity contribution in [2.45, 2.75) is 44.4 Å². The molecule has 23 heavy (non-hydrogen) atoms. The molecule has 2 rings (SSSR count). The van der Waals surface area contributed by atoms with E-state index in [-0.39, 0.29) is 11.3 Å². The number of methoxy groups -OCH3 is 2. The molecule has 1 heterocycles. The van der Waals surface area contributed by atoms with Gasteiger partial charge in [-0.25, -0.2) is 0 Å². The van der Waals surface area contributed by atoms with Gasteiger partial charge in [0, 0.05) is 24.3 Å². The number of hydrogen-bond donors (Lipinski definition) is 0. The van der Waals surface area contributed by atoms with Crippen molar-refractivity contribution in [2.75, 3.05) is 26.5 Å². The maximum atomic E-state index is 12.6. The topological polar surface area (TPSA) is 38.8 Å². The number of hydrogen-bond acceptors (Lipinski definition) is 4. The summed E-state index contributed by atoms with van der Waals surface area (Å²) in [4.78, 5) is 14.6. The van der Waals surface area contributed by atoms with E-state index >= 15 is 0 Å². The summed E-state index contributed by atoms with van der Waals surface area (Å²) in [7, 11) is 3.29. The number of unbranched alkanes of at least 4 members (excludes halogenated alkanes) is 3. The Balaban J connectivity index is 2.11. The Labute approximate surface area is 143 Å². The zero-order chi connectivity index (χ0) is 16.7. The van der Waals surface area contributed by atoms with Gasteiger partial charge in [0.1, 0.15) is 5.37 Å². The largest absolute Gasteiger partial charge is 0.493 e. The second-order valence-corrected chi connectivity index (χ2v) is 6.89. The molecular weight excluding hydrogens is 310 g/mol. The lowest BCUT2D eigenvalue weighted by molar-refractivity contribution is -0.131. The molecule has 0 aromatic heterocycles. The summed E-state index contributed by atoms with van der Waals surface area (Å²) in [6.07, 6.45) is 5.15. The number of nitrogens with zero attached hydrogens (tertiary/aromatic N) is 1. The van der Waals surface area contributed by atoms with Crippen LogP contribution in [0.3, 0.4) is 0 Å². The molecule has 1 saturated heterocycles. The predicted molar refractivity (Wildman–Crippen MR) is 95.2 cm³/mol. The van der Waals surface area contributed by atoms with Crippen molar-refractivity contribution in [1.82, 2.24) is 4.90 Å². The normalized spacial score (nSPS) is 17.3. The summed E-state index contributed by atoms with van der Waals surface area (Å²) < 4.78 is 10.9. The Bertz CT molecular complexity index is 521. The SMILES string of the molecule is CCCCCCC(=O)N1CCS[C@H]1c1cccc(OC)c1OC. The Morgan fingerprint density at radius 3 is 2.78 bits per heavy atom. The molecular formula is C18H27NO3S. The first-order chi connectivity index (χ1) is 11.2. The van der Waals surface area contributed by atoms with Crippen LogP contribution in [0.25, 0.3) is 0 Å². The number of para-hydroxylation sites is 1. The summed E-state index contributed by atoms with van der Waals surface area (Å²) >= 11 is 1.79. The van der Waals surface area contributed by atoms with E-state index < -0.39 is 0 Å². The van der Waals surface area contributed by atoms with Gasteiger partial charge in [0.25, 0.3) is 0 Å². The second-order valence-electron chi connectivity index (χ2n) is 5.70. The van der Waals surface area contributed by atoms with Crippen molar-refractivity contribution < 1.29 is 14.3 Å². The monoisotopic (exact) mass is 337 g/mol. The fourth-order valence-corrected chi connectivity index (χ4v) is 4.23. The van der Waals surface area contributed by atoms with E-state index in [1.165, 1.54) is 12.8 Å². The van der Waals surface area contributed by atoms with E-state index in [0.717, 1.165) is 36.5 Å². The van der Waals surface area contributed by atoms with Gasteiger partial charge >= 0.3 is 0 Å². The minimum atomic E-state index is 0.0266. The van der Waals surface area contributed by atoms with E-state index in [1.807, 2.05) is 23.1 Å². The van der Waals surface area contributed by atoms with Crippen molar-refractivity contribution in [3.63, 3.8) is 0 Å². The zero-order valence-corrected chi connectivity index (χ0v) is 15.2. The van der Waals surface area contributed by atoms with Gasteiger partial charge in [0.05, 0.1) is 14.2 Å². The van der Waals surface area contributed by atoms with Gasteiger partial charge in [-0.15, -0.1) is 11.8 Å². The van der Waals surface area contributed by atoms with Gasteiger partial charge in [-0.1, -0.05) is 38.3 Å². The smallest absolute Gasteiger partial charge is 0.223 e. The molecule has 1 amide bonds. The van der Waals surface area contributed by atoms with Crippen molar-refractivity contribution in [2.24, 2.45) is 0 Å². The van der Waals surface area contributed by atoms with Crippen molar-refractivity contribution in [3.05, 3.63) is 23.8 Å². The highest BCUT2D eigenvalue weighted by atomic mass is 32.2. The number of carbonyl (C=O) groups is 1. The van der Waals surface area contributed by atoms with Crippen LogP contribution in [0.2, 0.25) is 0 Å². The van der Waals surface area contributed by atoms with E-state index in [1.54, 1.807) is 26.0 Å². The summed E-state index contributed by atoms with van der Waals surface area (Å²) in [5, 5.41) is 0.0266. The van der Waals surface area contributed by atoms with Crippen LogP contribution >= 0.6 is 11.8 Å². The maximum absolute atomic E-state index is 12.6. The third kappa shape index (κ3) is 4.34. The minimum absolute atomic E-state index is 0.0266. The number of ether oxygens (including phenoxy) is 2. The molecule has 1 aliphatic rings. The van der Waals surface area contributed by atoms with Gasteiger partial charge in [0.2, 0.25) is 5.91 Å². The van der Waals surface area contributed by atoms with Crippen LogP contribution in [0.5, 0.6) is 11.5 Å². The standard InChI is InChI=1S/C18H27NO3S/c1-4-5-6-7-11-16(20)19-12-13-23-18(19)14-9-8-10-15(21-2)17(14)22-3/h8-10,18H,4-7,11-13H2,1-3H3/t18-/m0/s1. The molecule has 1 fully saturated rings. The number of amides is 1. The van der Waals surface area contributed by atoms with Gasteiger partial charge in [-0.05, 0) is 12.5 Å². The first-order valence-electron chi connectivity index (χ1n) is 8.34. The molecule has 0 N–H and O–H groups in total. The van der Waals surface area contributed by atoms with E-state index in [9.17, 15) is 4.79 Å². The molecule has 5 heteroatoms. The lowest BCUT2D eigenvalue weighted by Crippen LogP contribution is -2.30. The lowest BCUT2D eigenvalue weighted by atomic mass is 10.1. The average Bonchev–Trinajstić information content (AvgIpc) is 3.07. The zero-order valence-electron chi connectivity index (χ0n) is 14.3. The molecule has 4 nitrogen and oxygen atoms in total. The Morgan fingerprint density at radius 1 is 1.26 bits per heavy atom. The summed E-state index contributed by atoms with van der Waals surface area (Å²) in [6.45, 7) is 2.99. The highest BCUT2D eigenvalue weighted by molar-refractivity contribution is 7.99. The van der Waals surface area contributed by atoms with Crippen molar-refractivity contribution >= 4 is 17.7 Å². The first-order valence-corrected chi connectivity index (χ1v) is 9.39. The molecule has 1 aromatic rings. The van der Waals surface area contributed by atoms with Crippen LogP contribution in [-0.4, -0.2) is 37.3 Å². The molecule has 0 unspecified atom stereocenters. The third-order valence-corrected chi connectivity index (χ3v) is 5.40. The van der Waals surface area contributed by atoms with Crippen LogP contribution < -0.4 is 9.47 Å². The van der Waals surface area contributed by atoms with E-state index in [2.05, 4.69) is 6.92 Å². The molecule has 0 radical (unpaired) electrons. The minimum Gasteiger partial charge on any atom is -0.493 e. The molecule has 1 aromatic carbocycles. The summed E-state index contributed by atoms with van der Waals surface area (Å²) in [5.74, 6) is 2.66. The average molecular weight is 337 g/mol. The molecule has 0 aliphatic carbocycles. The van der Waals surface area contributed by atoms with Crippen LogP contribution in [-0.2, 0) is 4.79 Å². The van der Waals surface area contributed by atoms with Crippen molar-refractivity contribution in [1.29, 1.82) is 0 Å². The Hall–Kier alpha value is -1.36. The number of carbonyl (C=O) groups excluding carboxylic acids is 1. The number of benzene rings is 1. The van der Waals surface area contributed by atoms with Gasteiger partial charge in [-0.3, -0.25) is 4.79 Å². The molecule has 1 atom stereocenters. The van der Waals surface area contributed by atoms with Gasteiger partial charge in [-0.2, -0.15) is 0 Å². The summed E-state index contributed by atoms with van der Waals surface area (Å²) in [6, 6.07) is 5.88. The van der Waals surface area contributed by atoms with Crippen LogP contribution in [0.15, 0.2) is 18.2 Å². The fourth-order valence-electron chi connectivity index (χ4n) is 2.94. The Morgan fingerprint density at radius 2 is 2.09 bits per heavy atom. The van der Waals surface area contributed by atoms with Crippen LogP contribution in [0.4, 0.5) is 0 Å². The molecule has 0 saturated carbocycles. The van der Waals surface area contributed by atoms with Crippen LogP contribution in [0, 0.1) is 0 Å². The third-order valence-electron chi connectivity index (χ3n) is 4.15. The summed E-state index contributed by atoms with van der Waals surface area (Å²) in [5.41, 5.74) is 1.02. The lowest BCUT2D eigenvalue weighted by Gasteiger charge is -2.26. The highest BCUT2D eigenvalue weighted by Gasteiger charge is 2.32. The van der Waals surface area contributed by atoms with Gasteiger partial charge < -0.3 is 14.4 Å². The van der Waals surface area contributed by atoms with Gasteiger partial charge in [0.15, 0.2) is 11.5 Å². The second kappa shape index (κ2) is 9.06.